The van der Waals surface area contributed by atoms with Crippen LogP contribution in [0.25, 0.3) is 0 Å². The first-order valence-electron chi connectivity index (χ1n) is 7.75. The molecule has 0 radical (unpaired) electrons. The van der Waals surface area contributed by atoms with Crippen molar-refractivity contribution < 1.29 is 23.9 Å². The molecule has 1 saturated carbocycles. The number of nitrogens with one attached hydrogen (secondary N) is 1. The lowest BCUT2D eigenvalue weighted by molar-refractivity contribution is -0.152. The van der Waals surface area contributed by atoms with Crippen LogP contribution in [-0.2, 0) is 19.1 Å². The lowest BCUT2D eigenvalue weighted by Gasteiger charge is -2.19. The number of esters is 1. The molecule has 0 unspecified atom stereocenters. The van der Waals surface area contributed by atoms with Crippen LogP contribution >= 0.6 is 0 Å². The number of H-pyrrole nitrogens is 1. The minimum atomic E-state index is -0.745. The molecule has 0 spiro atoms. The molecule has 3 rings (SSSR count). The number of Topliss-reactive ketones (excluding diaryl/α,β-unsaturated/α-hetero) is 1. The normalized spacial score (nSPS) is 23.7. The van der Waals surface area contributed by atoms with Gasteiger partial charge >= 0.3 is 5.97 Å². The van der Waals surface area contributed by atoms with E-state index >= 15 is 0 Å². The number of hydrogen-bond acceptors (Lipinski definition) is 5. The number of likely N-dealkylation sites (tertiary alicyclic amines) is 1. The number of amides is 2. The maximum Gasteiger partial charge on any atom is 0.326 e. The fourth-order valence-corrected chi connectivity index (χ4v) is 3.29. The number of imide groups is 1. The minimum Gasteiger partial charge on any atom is -0.456 e. The highest BCUT2D eigenvalue weighted by atomic mass is 16.5. The molecule has 1 aromatic heterocycles. The van der Waals surface area contributed by atoms with Crippen molar-refractivity contribution in [1.29, 1.82) is 0 Å². The molecular formula is C16H18N2O5. The smallest absolute Gasteiger partial charge is 0.326 e. The number of rotatable bonds is 5. The summed E-state index contributed by atoms with van der Waals surface area (Å²) in [5.74, 6) is -2.25. The molecule has 23 heavy (non-hydrogen) atoms. The maximum atomic E-state index is 12.2. The molecule has 2 atom stereocenters. The van der Waals surface area contributed by atoms with Gasteiger partial charge in [-0.3, -0.25) is 24.1 Å². The molecule has 1 N–H and O–H groups in total. The summed E-state index contributed by atoms with van der Waals surface area (Å²) in [6, 6.07) is 3.24. The van der Waals surface area contributed by atoms with E-state index in [0.717, 1.165) is 17.7 Å². The van der Waals surface area contributed by atoms with Gasteiger partial charge in [-0.25, -0.2) is 0 Å². The zero-order valence-electron chi connectivity index (χ0n) is 12.6. The Bertz CT molecular complexity index is 613. The Balaban J connectivity index is 1.54. The van der Waals surface area contributed by atoms with Crippen LogP contribution in [-0.4, -0.2) is 46.6 Å². The van der Waals surface area contributed by atoms with Gasteiger partial charge in [0.2, 0.25) is 17.6 Å². The molecule has 0 bridgehead atoms. The largest absolute Gasteiger partial charge is 0.456 e. The van der Waals surface area contributed by atoms with E-state index in [-0.39, 0.29) is 29.4 Å². The summed E-state index contributed by atoms with van der Waals surface area (Å²) in [5.41, 5.74) is 0.345. The third-order valence-electron chi connectivity index (χ3n) is 4.48. The van der Waals surface area contributed by atoms with Gasteiger partial charge in [-0.15, -0.1) is 0 Å². The monoisotopic (exact) mass is 318 g/mol. The maximum absolute atomic E-state index is 12.2. The Morgan fingerprint density at radius 3 is 2.39 bits per heavy atom. The van der Waals surface area contributed by atoms with Crippen LogP contribution in [0.2, 0.25) is 0 Å². The number of carbonyl (C=O) groups is 4. The Kier molecular flexibility index (Phi) is 4.27. The molecule has 1 aromatic rings. The molecule has 0 aromatic carbocycles. The van der Waals surface area contributed by atoms with E-state index in [4.69, 9.17) is 4.74 Å². The Morgan fingerprint density at radius 1 is 1.17 bits per heavy atom. The summed E-state index contributed by atoms with van der Waals surface area (Å²) >= 11 is 0. The van der Waals surface area contributed by atoms with E-state index in [9.17, 15) is 19.2 Å². The molecule has 2 fully saturated rings. The Morgan fingerprint density at radius 2 is 1.83 bits per heavy atom. The SMILES string of the molecule is O=C(CN1C(=O)[C@@H]2CCCC[C@H]2C1=O)OCC(=O)c1ccc[nH]1. The van der Waals surface area contributed by atoms with Crippen LogP contribution in [0.4, 0.5) is 0 Å². The molecule has 7 heteroatoms. The van der Waals surface area contributed by atoms with E-state index in [1.165, 1.54) is 0 Å². The molecule has 1 aliphatic carbocycles. The third kappa shape index (κ3) is 3.04. The van der Waals surface area contributed by atoms with E-state index in [2.05, 4.69) is 4.98 Å². The topological polar surface area (TPSA) is 96.5 Å². The zero-order chi connectivity index (χ0) is 16.4. The lowest BCUT2D eigenvalue weighted by Crippen LogP contribution is -2.37. The Labute approximate surface area is 133 Å². The van der Waals surface area contributed by atoms with Gasteiger partial charge in [-0.2, -0.15) is 0 Å². The first-order chi connectivity index (χ1) is 11.1. The number of hydrogen-bond donors (Lipinski definition) is 1. The highest BCUT2D eigenvalue weighted by Crippen LogP contribution is 2.37. The number of aromatic amines is 1. The second-order valence-electron chi connectivity index (χ2n) is 5.93. The number of nitrogens with zero attached hydrogens (tertiary/aromatic N) is 1. The van der Waals surface area contributed by atoms with Crippen molar-refractivity contribution in [3.8, 4) is 0 Å². The van der Waals surface area contributed by atoms with Gasteiger partial charge in [0, 0.05) is 6.20 Å². The van der Waals surface area contributed by atoms with Crippen molar-refractivity contribution in [2.45, 2.75) is 25.7 Å². The number of fused-ring (bicyclic) bond motifs is 1. The van der Waals surface area contributed by atoms with Crippen molar-refractivity contribution in [2.24, 2.45) is 11.8 Å². The molecule has 1 saturated heterocycles. The first-order valence-corrected chi connectivity index (χ1v) is 7.75. The van der Waals surface area contributed by atoms with E-state index in [1.54, 1.807) is 18.3 Å². The summed E-state index contributed by atoms with van der Waals surface area (Å²) in [5, 5.41) is 0. The van der Waals surface area contributed by atoms with Gasteiger partial charge in [0.15, 0.2) is 6.61 Å². The van der Waals surface area contributed by atoms with Crippen molar-refractivity contribution in [3.05, 3.63) is 24.0 Å². The van der Waals surface area contributed by atoms with Crippen molar-refractivity contribution >= 4 is 23.6 Å². The van der Waals surface area contributed by atoms with Gasteiger partial charge in [0.05, 0.1) is 17.5 Å². The molecule has 122 valence electrons. The molecular weight excluding hydrogens is 300 g/mol. The van der Waals surface area contributed by atoms with Crippen LogP contribution in [0.15, 0.2) is 18.3 Å². The van der Waals surface area contributed by atoms with E-state index in [0.29, 0.717) is 18.5 Å². The quantitative estimate of drug-likeness (QED) is 0.494. The second-order valence-corrected chi connectivity index (χ2v) is 5.93. The van der Waals surface area contributed by atoms with Gasteiger partial charge in [0.25, 0.3) is 0 Å². The molecule has 7 nitrogen and oxygen atoms in total. The number of ether oxygens (including phenoxy) is 1. The first kappa shape index (κ1) is 15.5. The van der Waals surface area contributed by atoms with Crippen LogP contribution in [0.1, 0.15) is 36.2 Å². The van der Waals surface area contributed by atoms with Gasteiger partial charge in [0.1, 0.15) is 6.54 Å². The Hall–Kier alpha value is -2.44. The van der Waals surface area contributed by atoms with Crippen LogP contribution < -0.4 is 0 Å². The second kappa shape index (κ2) is 6.36. The lowest BCUT2D eigenvalue weighted by atomic mass is 9.81. The van der Waals surface area contributed by atoms with Crippen molar-refractivity contribution in [3.63, 3.8) is 0 Å². The predicted molar refractivity (Wildman–Crippen MR) is 78.3 cm³/mol. The van der Waals surface area contributed by atoms with Crippen LogP contribution in [0, 0.1) is 11.8 Å². The third-order valence-corrected chi connectivity index (χ3v) is 4.48. The summed E-state index contributed by atoms with van der Waals surface area (Å²) in [6.45, 7) is -0.828. The van der Waals surface area contributed by atoms with Crippen molar-refractivity contribution in [1.82, 2.24) is 9.88 Å². The van der Waals surface area contributed by atoms with E-state index in [1.807, 2.05) is 0 Å². The molecule has 2 heterocycles. The van der Waals surface area contributed by atoms with Crippen LogP contribution in [0.5, 0.6) is 0 Å². The highest BCUT2D eigenvalue weighted by molar-refractivity contribution is 6.07. The van der Waals surface area contributed by atoms with Crippen LogP contribution in [0.3, 0.4) is 0 Å². The average Bonchev–Trinajstić information content (AvgIpc) is 3.17. The summed E-state index contributed by atoms with van der Waals surface area (Å²) in [7, 11) is 0. The number of aromatic nitrogens is 1. The summed E-state index contributed by atoms with van der Waals surface area (Å²) < 4.78 is 4.89. The van der Waals surface area contributed by atoms with Gasteiger partial charge in [-0.1, -0.05) is 12.8 Å². The summed E-state index contributed by atoms with van der Waals surface area (Å²) in [6.07, 6.45) is 4.86. The number of carbonyl (C=O) groups excluding carboxylic acids is 4. The number of ketones is 1. The highest BCUT2D eigenvalue weighted by Gasteiger charge is 2.48. The minimum absolute atomic E-state index is 0.285. The van der Waals surface area contributed by atoms with Gasteiger partial charge in [-0.05, 0) is 25.0 Å². The standard InChI is InChI=1S/C16H18N2O5/c19-13(12-6-3-7-17-12)9-23-14(20)8-18-15(21)10-4-1-2-5-11(10)16(18)22/h3,6-7,10-11,17H,1-2,4-5,8-9H2/t10-,11-/m1/s1. The zero-order valence-corrected chi connectivity index (χ0v) is 12.6. The van der Waals surface area contributed by atoms with E-state index < -0.39 is 19.1 Å². The molecule has 2 aliphatic rings. The van der Waals surface area contributed by atoms with Gasteiger partial charge < -0.3 is 9.72 Å². The fourth-order valence-electron chi connectivity index (χ4n) is 3.29. The van der Waals surface area contributed by atoms with Crippen molar-refractivity contribution in [2.75, 3.05) is 13.2 Å². The predicted octanol–water partition coefficient (Wildman–Crippen LogP) is 0.916. The fraction of sp³-hybridized carbons (Fsp3) is 0.500. The molecule has 1 aliphatic heterocycles. The summed E-state index contributed by atoms with van der Waals surface area (Å²) in [4.78, 5) is 51.7. The molecule has 2 amide bonds. The average molecular weight is 318 g/mol.